The summed E-state index contributed by atoms with van der Waals surface area (Å²) in [4.78, 5) is 0. The minimum Gasteiger partial charge on any atom is -0.507 e. The first-order valence-corrected chi connectivity index (χ1v) is 4.76. The lowest BCUT2D eigenvalue weighted by atomic mass is 9.93. The van der Waals surface area contributed by atoms with Crippen molar-refractivity contribution in [3.8, 4) is 5.75 Å². The Hall–Kier alpha value is -1.76. The first-order chi connectivity index (χ1) is 6.86. The van der Waals surface area contributed by atoms with Crippen LogP contribution < -0.4 is 0 Å². The van der Waals surface area contributed by atoms with Gasteiger partial charge in [0.1, 0.15) is 5.75 Å². The number of rotatable bonds is 0. The average Bonchev–Trinajstić information content (AvgIpc) is 2.24. The van der Waals surface area contributed by atoms with E-state index < -0.39 is 0 Å². The Kier molecular flexibility index (Phi) is 1.42. The Morgan fingerprint density at radius 3 is 2.93 bits per heavy atom. The van der Waals surface area contributed by atoms with Crippen LogP contribution in [0.5, 0.6) is 5.75 Å². The zero-order valence-corrected chi connectivity index (χ0v) is 7.70. The molecule has 0 heterocycles. The summed E-state index contributed by atoms with van der Waals surface area (Å²) in [5.74, 6) is 0.376. The van der Waals surface area contributed by atoms with Crippen LogP contribution in [0.25, 0.3) is 16.8 Å². The quantitative estimate of drug-likeness (QED) is 0.663. The molecule has 68 valence electrons. The normalized spacial score (nSPS) is 13.4. The van der Waals surface area contributed by atoms with Crippen molar-refractivity contribution in [3.63, 3.8) is 0 Å². The first kappa shape index (κ1) is 7.63. The van der Waals surface area contributed by atoms with E-state index in [-0.39, 0.29) is 0 Å². The molecule has 0 aromatic heterocycles. The van der Waals surface area contributed by atoms with E-state index in [2.05, 4.69) is 24.3 Å². The van der Waals surface area contributed by atoms with Gasteiger partial charge in [-0.3, -0.25) is 0 Å². The predicted octanol–water partition coefficient (Wildman–Crippen LogP) is 3.11. The van der Waals surface area contributed by atoms with Gasteiger partial charge in [0.2, 0.25) is 0 Å². The van der Waals surface area contributed by atoms with Gasteiger partial charge in [0.15, 0.2) is 0 Å². The lowest BCUT2D eigenvalue weighted by Crippen LogP contribution is -1.92. The van der Waals surface area contributed by atoms with Crippen LogP contribution in [-0.2, 0) is 6.42 Å². The number of benzene rings is 2. The van der Waals surface area contributed by atoms with Crippen molar-refractivity contribution < 1.29 is 5.11 Å². The first-order valence-electron chi connectivity index (χ1n) is 4.76. The summed E-state index contributed by atoms with van der Waals surface area (Å²) in [6.45, 7) is 0. The SMILES string of the molecule is Oc1ccc2cccc3c2c1C=CC3. The van der Waals surface area contributed by atoms with Crippen molar-refractivity contribution in [2.75, 3.05) is 0 Å². The third-order valence-electron chi connectivity index (χ3n) is 2.77. The van der Waals surface area contributed by atoms with Crippen LogP contribution >= 0.6 is 0 Å². The molecule has 0 bridgehead atoms. The van der Waals surface area contributed by atoms with Gasteiger partial charge in [0, 0.05) is 5.56 Å². The van der Waals surface area contributed by atoms with Crippen LogP contribution in [0.2, 0.25) is 0 Å². The summed E-state index contributed by atoms with van der Waals surface area (Å²) >= 11 is 0. The number of hydrogen-bond donors (Lipinski definition) is 1. The van der Waals surface area contributed by atoms with Gasteiger partial charge in [-0.25, -0.2) is 0 Å². The van der Waals surface area contributed by atoms with Gasteiger partial charge in [0.25, 0.3) is 0 Å². The molecule has 0 aliphatic heterocycles. The second-order valence-electron chi connectivity index (χ2n) is 3.62. The van der Waals surface area contributed by atoms with E-state index in [1.165, 1.54) is 16.3 Å². The molecule has 2 aromatic rings. The van der Waals surface area contributed by atoms with Crippen LogP contribution in [0.4, 0.5) is 0 Å². The van der Waals surface area contributed by atoms with E-state index in [1.54, 1.807) is 6.07 Å². The highest BCUT2D eigenvalue weighted by Crippen LogP contribution is 2.33. The number of phenolic OH excluding ortho intramolecular Hbond substituents is 1. The van der Waals surface area contributed by atoms with Crippen molar-refractivity contribution in [2.24, 2.45) is 0 Å². The van der Waals surface area contributed by atoms with Crippen LogP contribution in [-0.4, -0.2) is 5.11 Å². The smallest absolute Gasteiger partial charge is 0.123 e. The molecule has 0 radical (unpaired) electrons. The van der Waals surface area contributed by atoms with Gasteiger partial charge in [0.05, 0.1) is 0 Å². The summed E-state index contributed by atoms with van der Waals surface area (Å²) in [7, 11) is 0. The third-order valence-corrected chi connectivity index (χ3v) is 2.77. The lowest BCUT2D eigenvalue weighted by molar-refractivity contribution is 0.475. The molecule has 0 unspecified atom stereocenters. The van der Waals surface area contributed by atoms with Gasteiger partial charge in [-0.2, -0.15) is 0 Å². The molecule has 0 atom stereocenters. The Balaban J connectivity index is 2.56. The molecule has 1 aliphatic rings. The van der Waals surface area contributed by atoms with Crippen LogP contribution in [0.15, 0.2) is 36.4 Å². The lowest BCUT2D eigenvalue weighted by Gasteiger charge is -2.13. The minimum atomic E-state index is 0.376. The van der Waals surface area contributed by atoms with Crippen LogP contribution in [0.3, 0.4) is 0 Å². The van der Waals surface area contributed by atoms with Crippen LogP contribution in [0, 0.1) is 0 Å². The van der Waals surface area contributed by atoms with E-state index in [0.29, 0.717) is 5.75 Å². The summed E-state index contributed by atoms with van der Waals surface area (Å²) < 4.78 is 0. The predicted molar refractivity (Wildman–Crippen MR) is 58.4 cm³/mol. The molecule has 0 fully saturated rings. The molecule has 2 aromatic carbocycles. The molecule has 14 heavy (non-hydrogen) atoms. The second-order valence-corrected chi connectivity index (χ2v) is 3.62. The van der Waals surface area contributed by atoms with Crippen molar-refractivity contribution in [2.45, 2.75) is 6.42 Å². The van der Waals surface area contributed by atoms with Crippen molar-refractivity contribution in [3.05, 3.63) is 47.5 Å². The fourth-order valence-corrected chi connectivity index (χ4v) is 2.12. The van der Waals surface area contributed by atoms with Crippen molar-refractivity contribution in [1.82, 2.24) is 0 Å². The highest BCUT2D eigenvalue weighted by molar-refractivity contribution is 5.97. The highest BCUT2D eigenvalue weighted by atomic mass is 16.3. The Bertz CT molecular complexity index is 538. The van der Waals surface area contributed by atoms with E-state index in [0.717, 1.165) is 12.0 Å². The molecular weight excluding hydrogens is 172 g/mol. The van der Waals surface area contributed by atoms with Gasteiger partial charge in [-0.15, -0.1) is 0 Å². The maximum absolute atomic E-state index is 9.72. The summed E-state index contributed by atoms with van der Waals surface area (Å²) in [6.07, 6.45) is 5.06. The van der Waals surface area contributed by atoms with E-state index in [1.807, 2.05) is 12.1 Å². The van der Waals surface area contributed by atoms with Crippen LogP contribution in [0.1, 0.15) is 11.1 Å². The molecule has 1 nitrogen and oxygen atoms in total. The molecule has 1 heteroatoms. The van der Waals surface area contributed by atoms with Crippen molar-refractivity contribution >= 4 is 16.8 Å². The average molecular weight is 182 g/mol. The molecule has 3 rings (SSSR count). The van der Waals surface area contributed by atoms with Gasteiger partial charge < -0.3 is 5.11 Å². The molecule has 1 N–H and O–H groups in total. The highest BCUT2D eigenvalue weighted by Gasteiger charge is 2.10. The zero-order valence-electron chi connectivity index (χ0n) is 7.70. The van der Waals surface area contributed by atoms with E-state index in [4.69, 9.17) is 0 Å². The third kappa shape index (κ3) is 0.896. The maximum atomic E-state index is 9.72. The number of hydrogen-bond acceptors (Lipinski definition) is 1. The maximum Gasteiger partial charge on any atom is 0.123 e. The largest absolute Gasteiger partial charge is 0.507 e. The van der Waals surface area contributed by atoms with Gasteiger partial charge in [-0.1, -0.05) is 36.4 Å². The Morgan fingerprint density at radius 1 is 1.07 bits per heavy atom. The second kappa shape index (κ2) is 2.61. The topological polar surface area (TPSA) is 20.2 Å². The molecule has 1 aliphatic carbocycles. The summed E-state index contributed by atoms with van der Waals surface area (Å²) in [6, 6.07) is 10.0. The standard InChI is InChI=1S/C13H10O/c14-12-8-7-10-4-1-3-9-5-2-6-11(12)13(9)10/h1-4,6-8,14H,5H2. The summed E-state index contributed by atoms with van der Waals surface area (Å²) in [5, 5.41) is 12.1. The van der Waals surface area contributed by atoms with Gasteiger partial charge >= 0.3 is 0 Å². The fraction of sp³-hybridized carbons (Fsp3) is 0.0769. The zero-order chi connectivity index (χ0) is 9.54. The molecule has 0 saturated carbocycles. The van der Waals surface area contributed by atoms with E-state index in [9.17, 15) is 5.11 Å². The summed E-state index contributed by atoms with van der Waals surface area (Å²) in [5.41, 5.74) is 2.26. The Morgan fingerprint density at radius 2 is 2.00 bits per heavy atom. The van der Waals surface area contributed by atoms with Gasteiger partial charge in [-0.05, 0) is 28.8 Å². The molecule has 0 spiro atoms. The fourth-order valence-electron chi connectivity index (χ4n) is 2.12. The number of allylic oxidation sites excluding steroid dienone is 1. The number of phenols is 1. The molecule has 0 amide bonds. The molecular formula is C13H10O. The van der Waals surface area contributed by atoms with Crippen molar-refractivity contribution in [1.29, 1.82) is 0 Å². The molecule has 0 saturated heterocycles. The van der Waals surface area contributed by atoms with E-state index >= 15 is 0 Å². The number of aromatic hydroxyl groups is 1. The monoisotopic (exact) mass is 182 g/mol. The Labute approximate surface area is 82.3 Å². The minimum absolute atomic E-state index is 0.376.